The van der Waals surface area contributed by atoms with E-state index in [4.69, 9.17) is 4.98 Å². The van der Waals surface area contributed by atoms with Crippen LogP contribution in [0.5, 0.6) is 0 Å². The van der Waals surface area contributed by atoms with Gasteiger partial charge in [-0.05, 0) is 0 Å². The molecule has 2 heteroatoms. The Labute approximate surface area is 132 Å². The van der Waals surface area contributed by atoms with Crippen molar-refractivity contribution in [3.8, 4) is 11.3 Å². The van der Waals surface area contributed by atoms with Crippen LogP contribution in [0, 0.1) is 12.8 Å². The molecule has 0 radical (unpaired) electrons. The molecule has 0 aliphatic rings. The van der Waals surface area contributed by atoms with Crippen LogP contribution in [0.4, 0.5) is 0 Å². The normalized spacial score (nSPS) is 12.0. The van der Waals surface area contributed by atoms with Gasteiger partial charge in [0, 0.05) is 0 Å². The number of rotatable bonds is 4. The van der Waals surface area contributed by atoms with Gasteiger partial charge in [-0.3, -0.25) is 0 Å². The van der Waals surface area contributed by atoms with Crippen molar-refractivity contribution in [3.63, 3.8) is 0 Å². The van der Waals surface area contributed by atoms with Gasteiger partial charge in [0.2, 0.25) is 0 Å². The fourth-order valence-electron chi connectivity index (χ4n) is 2.66. The minimum atomic E-state index is -1.86. The molecule has 0 bridgehead atoms. The van der Waals surface area contributed by atoms with Crippen molar-refractivity contribution in [1.29, 1.82) is 0 Å². The summed E-state index contributed by atoms with van der Waals surface area (Å²) in [5, 5.41) is 0. The van der Waals surface area contributed by atoms with Crippen molar-refractivity contribution < 1.29 is 0 Å². The SMILES string of the molecule is Cc1ccc(-c2cc(CC(C)C)[c]([Ge]([CH3])([CH3])[CH3])cn2)cc1. The van der Waals surface area contributed by atoms with Gasteiger partial charge >= 0.3 is 132 Å². The number of pyridine rings is 1. The van der Waals surface area contributed by atoms with Gasteiger partial charge in [-0.15, -0.1) is 0 Å². The quantitative estimate of drug-likeness (QED) is 0.728. The van der Waals surface area contributed by atoms with Crippen LogP contribution in [0.25, 0.3) is 11.3 Å². The van der Waals surface area contributed by atoms with Crippen LogP contribution in [-0.2, 0) is 6.42 Å². The van der Waals surface area contributed by atoms with Crippen LogP contribution >= 0.6 is 0 Å². The van der Waals surface area contributed by atoms with Crippen molar-refractivity contribution in [1.82, 2.24) is 4.98 Å². The molecule has 1 aromatic carbocycles. The molecule has 0 amide bonds. The summed E-state index contributed by atoms with van der Waals surface area (Å²) >= 11 is -1.86. The summed E-state index contributed by atoms with van der Waals surface area (Å²) in [6, 6.07) is 11.0. The number of aryl methyl sites for hydroxylation is 1. The maximum absolute atomic E-state index is 4.76. The zero-order valence-electron chi connectivity index (χ0n) is 14.2. The van der Waals surface area contributed by atoms with Crippen LogP contribution < -0.4 is 4.40 Å². The first-order valence-electron chi connectivity index (χ1n) is 7.84. The number of aromatic nitrogens is 1. The third-order valence-corrected chi connectivity index (χ3v) is 8.11. The summed E-state index contributed by atoms with van der Waals surface area (Å²) < 4.78 is 1.56. The second-order valence-electron chi connectivity index (χ2n) is 7.44. The van der Waals surface area contributed by atoms with Crippen molar-refractivity contribution in [2.45, 2.75) is 44.5 Å². The molecule has 0 aliphatic heterocycles. The van der Waals surface area contributed by atoms with Gasteiger partial charge < -0.3 is 0 Å². The minimum absolute atomic E-state index is 0.682. The van der Waals surface area contributed by atoms with Gasteiger partial charge in [0.15, 0.2) is 0 Å². The summed E-state index contributed by atoms with van der Waals surface area (Å²) in [5.74, 6) is 8.03. The number of benzene rings is 1. The standard InChI is InChI=1S/C19H27GeN/c1-14(2)11-17-12-19(16-9-7-15(3)8-10-16)21-13-18(17)20(4,5)6/h7-10,12-14H,11H2,1-6H3. The average Bonchev–Trinajstić information content (AvgIpc) is 2.37. The third kappa shape index (κ3) is 4.19. The van der Waals surface area contributed by atoms with Crippen LogP contribution in [0.1, 0.15) is 25.0 Å². The van der Waals surface area contributed by atoms with Gasteiger partial charge in [-0.25, -0.2) is 0 Å². The van der Waals surface area contributed by atoms with Gasteiger partial charge in [-0.2, -0.15) is 0 Å². The second kappa shape index (κ2) is 6.35. The molecular weight excluding hydrogens is 315 g/mol. The van der Waals surface area contributed by atoms with Gasteiger partial charge in [-0.1, -0.05) is 0 Å². The van der Waals surface area contributed by atoms with Gasteiger partial charge in [0.1, 0.15) is 0 Å². The Morgan fingerprint density at radius 1 is 1.05 bits per heavy atom. The topological polar surface area (TPSA) is 12.9 Å². The van der Waals surface area contributed by atoms with E-state index in [1.165, 1.54) is 16.7 Å². The molecular formula is C19H27GeN. The van der Waals surface area contributed by atoms with Crippen LogP contribution in [-0.4, -0.2) is 18.3 Å². The fourth-order valence-corrected chi connectivity index (χ4v) is 6.00. The van der Waals surface area contributed by atoms with Crippen LogP contribution in [0.15, 0.2) is 36.5 Å². The number of hydrogen-bond donors (Lipinski definition) is 0. The van der Waals surface area contributed by atoms with E-state index in [1.807, 2.05) is 0 Å². The molecule has 0 atom stereocenters. The molecule has 0 N–H and O–H groups in total. The molecule has 2 rings (SSSR count). The first-order valence-corrected chi connectivity index (χ1v) is 15.2. The molecule has 21 heavy (non-hydrogen) atoms. The molecule has 0 fully saturated rings. The Hall–Kier alpha value is -1.09. The van der Waals surface area contributed by atoms with Gasteiger partial charge in [0.25, 0.3) is 0 Å². The number of hydrogen-bond acceptors (Lipinski definition) is 1. The summed E-state index contributed by atoms with van der Waals surface area (Å²) in [5.41, 5.74) is 5.14. The van der Waals surface area contributed by atoms with E-state index in [-0.39, 0.29) is 0 Å². The van der Waals surface area contributed by atoms with E-state index in [0.29, 0.717) is 5.92 Å². The maximum atomic E-state index is 4.76. The Morgan fingerprint density at radius 2 is 1.67 bits per heavy atom. The van der Waals surface area contributed by atoms with E-state index in [0.717, 1.165) is 12.1 Å². The van der Waals surface area contributed by atoms with E-state index in [1.54, 1.807) is 4.40 Å². The summed E-state index contributed by atoms with van der Waals surface area (Å²) in [6.45, 7) is 6.72. The first kappa shape index (κ1) is 16.3. The Kier molecular flexibility index (Phi) is 4.93. The summed E-state index contributed by atoms with van der Waals surface area (Å²) in [6.07, 6.45) is 3.31. The molecule has 1 nitrogen and oxygen atoms in total. The zero-order valence-corrected chi connectivity index (χ0v) is 16.3. The molecule has 2 aromatic rings. The van der Waals surface area contributed by atoms with Crippen LogP contribution in [0.2, 0.25) is 17.3 Å². The van der Waals surface area contributed by atoms with E-state index < -0.39 is 13.3 Å². The van der Waals surface area contributed by atoms with E-state index >= 15 is 0 Å². The van der Waals surface area contributed by atoms with Crippen molar-refractivity contribution >= 4 is 17.7 Å². The van der Waals surface area contributed by atoms with Crippen molar-refractivity contribution in [2.24, 2.45) is 5.92 Å². The zero-order chi connectivity index (χ0) is 15.6. The van der Waals surface area contributed by atoms with Crippen molar-refractivity contribution in [3.05, 3.63) is 47.7 Å². The molecule has 1 heterocycles. The summed E-state index contributed by atoms with van der Waals surface area (Å²) in [4.78, 5) is 4.76. The molecule has 0 aliphatic carbocycles. The third-order valence-electron chi connectivity index (χ3n) is 3.77. The Bertz CT molecular complexity index is 606. The second-order valence-corrected chi connectivity index (χ2v) is 18.0. The summed E-state index contributed by atoms with van der Waals surface area (Å²) in [7, 11) is 0. The van der Waals surface area contributed by atoms with Crippen molar-refractivity contribution in [2.75, 3.05) is 0 Å². The molecule has 0 spiro atoms. The average molecular weight is 342 g/mol. The Balaban J connectivity index is 2.48. The molecule has 0 saturated carbocycles. The first-order chi connectivity index (χ1) is 9.77. The molecule has 0 unspecified atom stereocenters. The molecule has 0 saturated heterocycles. The van der Waals surface area contributed by atoms with Gasteiger partial charge in [0.05, 0.1) is 0 Å². The fraction of sp³-hybridized carbons (Fsp3) is 0.421. The van der Waals surface area contributed by atoms with E-state index in [9.17, 15) is 0 Å². The molecule has 112 valence electrons. The Morgan fingerprint density at radius 3 is 2.19 bits per heavy atom. The number of nitrogens with zero attached hydrogens (tertiary/aromatic N) is 1. The predicted molar refractivity (Wildman–Crippen MR) is 95.9 cm³/mol. The molecule has 1 aromatic heterocycles. The predicted octanol–water partition coefficient (Wildman–Crippen LogP) is 4.80. The van der Waals surface area contributed by atoms with Crippen LogP contribution in [0.3, 0.4) is 0 Å². The monoisotopic (exact) mass is 343 g/mol. The van der Waals surface area contributed by atoms with E-state index in [2.05, 4.69) is 74.6 Å².